The lowest BCUT2D eigenvalue weighted by atomic mass is 10.0. The van der Waals surface area contributed by atoms with Crippen molar-refractivity contribution in [3.63, 3.8) is 0 Å². The number of methoxy groups -OCH3 is 1. The van der Waals surface area contributed by atoms with Crippen molar-refractivity contribution < 1.29 is 27.9 Å². The number of ether oxygens (including phenoxy) is 2. The van der Waals surface area contributed by atoms with Gasteiger partial charge in [0.05, 0.1) is 18.9 Å². The van der Waals surface area contributed by atoms with Crippen LogP contribution in [-0.4, -0.2) is 53.0 Å². The average Bonchev–Trinajstić information content (AvgIpc) is 3.52. The maximum absolute atomic E-state index is 13.6. The van der Waals surface area contributed by atoms with E-state index in [9.17, 15) is 14.0 Å². The number of hydrogen-bond donors (Lipinski definition) is 0. The summed E-state index contributed by atoms with van der Waals surface area (Å²) in [5.41, 5.74) is 2.52. The number of rotatable bonds is 11. The van der Waals surface area contributed by atoms with Crippen molar-refractivity contribution in [1.29, 1.82) is 0 Å². The van der Waals surface area contributed by atoms with Gasteiger partial charge in [-0.15, -0.1) is 0 Å². The van der Waals surface area contributed by atoms with Crippen molar-refractivity contribution in [1.82, 2.24) is 14.8 Å². The third-order valence-corrected chi connectivity index (χ3v) is 6.27. The number of amides is 1. The van der Waals surface area contributed by atoms with Crippen LogP contribution in [0.4, 0.5) is 14.9 Å². The van der Waals surface area contributed by atoms with Crippen LogP contribution in [0.15, 0.2) is 53.3 Å². The molecule has 1 amide bonds. The van der Waals surface area contributed by atoms with Crippen LogP contribution in [-0.2, 0) is 16.5 Å². The van der Waals surface area contributed by atoms with Gasteiger partial charge in [-0.05, 0) is 49.6 Å². The largest absolute Gasteiger partial charge is 0.450 e. The SMILES string of the molecule is CCCC(CCN(C(=O)OCC)c1c(C(=O)c2ccc(F)nc2)oc2ccc(-c3cnn(C)c3)cc12)OC. The molecule has 0 spiro atoms. The molecule has 0 aliphatic rings. The van der Waals surface area contributed by atoms with Gasteiger partial charge >= 0.3 is 6.09 Å². The quantitative estimate of drug-likeness (QED) is 0.182. The number of pyridine rings is 1. The molecule has 0 fully saturated rings. The first-order valence-electron chi connectivity index (χ1n) is 12.5. The fraction of sp³-hybridized carbons (Fsp3) is 0.357. The summed E-state index contributed by atoms with van der Waals surface area (Å²) in [6, 6.07) is 7.90. The summed E-state index contributed by atoms with van der Waals surface area (Å²) in [6.45, 7) is 4.16. The average molecular weight is 523 g/mol. The van der Waals surface area contributed by atoms with E-state index < -0.39 is 17.8 Å². The molecule has 0 N–H and O–H groups in total. The molecule has 3 aromatic heterocycles. The Bertz CT molecular complexity index is 1410. The van der Waals surface area contributed by atoms with Gasteiger partial charge in [-0.1, -0.05) is 19.4 Å². The first-order chi connectivity index (χ1) is 18.4. The summed E-state index contributed by atoms with van der Waals surface area (Å²) >= 11 is 0. The Morgan fingerprint density at radius 3 is 2.58 bits per heavy atom. The number of benzene rings is 1. The molecule has 38 heavy (non-hydrogen) atoms. The van der Waals surface area contributed by atoms with Crippen LogP contribution in [0, 0.1) is 5.95 Å². The fourth-order valence-electron chi connectivity index (χ4n) is 4.37. The smallest absolute Gasteiger partial charge is 0.414 e. The maximum atomic E-state index is 13.6. The highest BCUT2D eigenvalue weighted by atomic mass is 19.1. The summed E-state index contributed by atoms with van der Waals surface area (Å²) in [5, 5.41) is 4.80. The Morgan fingerprint density at radius 1 is 1.13 bits per heavy atom. The molecule has 4 aromatic rings. The predicted molar refractivity (Wildman–Crippen MR) is 141 cm³/mol. The molecule has 0 saturated carbocycles. The Kier molecular flexibility index (Phi) is 8.52. The fourth-order valence-corrected chi connectivity index (χ4v) is 4.37. The van der Waals surface area contributed by atoms with Gasteiger partial charge in [0.2, 0.25) is 11.7 Å². The number of halogens is 1. The molecule has 10 heteroatoms. The lowest BCUT2D eigenvalue weighted by Gasteiger charge is -2.24. The number of ketones is 1. The summed E-state index contributed by atoms with van der Waals surface area (Å²) in [4.78, 5) is 31.9. The molecular formula is C28H31FN4O5. The van der Waals surface area contributed by atoms with E-state index >= 15 is 0 Å². The third kappa shape index (κ3) is 5.75. The van der Waals surface area contributed by atoms with E-state index in [-0.39, 0.29) is 36.3 Å². The highest BCUT2D eigenvalue weighted by molar-refractivity contribution is 6.17. The van der Waals surface area contributed by atoms with Gasteiger partial charge in [0.25, 0.3) is 0 Å². The zero-order chi connectivity index (χ0) is 27.2. The van der Waals surface area contributed by atoms with Crippen molar-refractivity contribution in [2.75, 3.05) is 25.2 Å². The van der Waals surface area contributed by atoms with Crippen LogP contribution in [0.2, 0.25) is 0 Å². The number of hydrogen-bond acceptors (Lipinski definition) is 7. The van der Waals surface area contributed by atoms with Crippen molar-refractivity contribution in [3.05, 3.63) is 66.2 Å². The number of nitrogens with zero attached hydrogens (tertiary/aromatic N) is 4. The van der Waals surface area contributed by atoms with E-state index in [1.54, 1.807) is 31.0 Å². The van der Waals surface area contributed by atoms with Gasteiger partial charge in [0.1, 0.15) is 11.3 Å². The van der Waals surface area contributed by atoms with Crippen molar-refractivity contribution in [2.24, 2.45) is 7.05 Å². The van der Waals surface area contributed by atoms with Gasteiger partial charge in [-0.3, -0.25) is 14.4 Å². The Morgan fingerprint density at radius 2 is 1.95 bits per heavy atom. The molecule has 200 valence electrons. The zero-order valence-electron chi connectivity index (χ0n) is 21.9. The van der Waals surface area contributed by atoms with Gasteiger partial charge in [-0.25, -0.2) is 9.78 Å². The number of carbonyl (C=O) groups excluding carboxylic acids is 2. The normalized spacial score (nSPS) is 12.0. The van der Waals surface area contributed by atoms with Gasteiger partial charge in [0.15, 0.2) is 5.76 Å². The lowest BCUT2D eigenvalue weighted by molar-refractivity contribution is 0.0882. The highest BCUT2D eigenvalue weighted by Crippen LogP contribution is 2.38. The van der Waals surface area contributed by atoms with E-state index in [2.05, 4.69) is 17.0 Å². The van der Waals surface area contributed by atoms with Crippen LogP contribution >= 0.6 is 0 Å². The molecule has 0 bridgehead atoms. The second kappa shape index (κ2) is 12.0. The van der Waals surface area contributed by atoms with Crippen LogP contribution < -0.4 is 4.90 Å². The second-order valence-electron chi connectivity index (χ2n) is 8.88. The molecule has 4 rings (SSSR count). The number of aryl methyl sites for hydroxylation is 1. The van der Waals surface area contributed by atoms with Crippen LogP contribution in [0.25, 0.3) is 22.1 Å². The van der Waals surface area contributed by atoms with E-state index in [0.717, 1.165) is 36.2 Å². The highest BCUT2D eigenvalue weighted by Gasteiger charge is 2.31. The Labute approximate surface area is 220 Å². The van der Waals surface area contributed by atoms with E-state index in [4.69, 9.17) is 13.9 Å². The molecule has 1 aromatic carbocycles. The molecule has 1 atom stereocenters. The predicted octanol–water partition coefficient (Wildman–Crippen LogP) is 5.77. The second-order valence-corrected chi connectivity index (χ2v) is 8.88. The molecule has 1 unspecified atom stereocenters. The molecule has 3 heterocycles. The summed E-state index contributed by atoms with van der Waals surface area (Å²) in [5.74, 6) is -1.30. The van der Waals surface area contributed by atoms with Crippen molar-refractivity contribution in [3.8, 4) is 11.1 Å². The monoisotopic (exact) mass is 522 g/mol. The summed E-state index contributed by atoms with van der Waals surface area (Å²) in [6.07, 6.45) is 6.31. The third-order valence-electron chi connectivity index (χ3n) is 6.27. The molecular weight excluding hydrogens is 491 g/mol. The van der Waals surface area contributed by atoms with Crippen LogP contribution in [0.1, 0.15) is 49.2 Å². The topological polar surface area (TPSA) is 99.7 Å². The summed E-state index contributed by atoms with van der Waals surface area (Å²) in [7, 11) is 3.46. The number of anilines is 1. The van der Waals surface area contributed by atoms with Crippen molar-refractivity contribution in [2.45, 2.75) is 39.2 Å². The van der Waals surface area contributed by atoms with E-state index in [1.165, 1.54) is 11.0 Å². The van der Waals surface area contributed by atoms with Gasteiger partial charge in [-0.2, -0.15) is 9.49 Å². The van der Waals surface area contributed by atoms with Crippen molar-refractivity contribution >= 4 is 28.5 Å². The minimum Gasteiger partial charge on any atom is -0.450 e. The molecule has 0 aliphatic carbocycles. The molecule has 9 nitrogen and oxygen atoms in total. The minimum absolute atomic E-state index is 0.0609. The summed E-state index contributed by atoms with van der Waals surface area (Å²) < 4.78 is 32.2. The number of furan rings is 1. The minimum atomic E-state index is -0.706. The first-order valence-corrected chi connectivity index (χ1v) is 12.5. The lowest BCUT2D eigenvalue weighted by Crippen LogP contribution is -2.35. The van der Waals surface area contributed by atoms with Crippen LogP contribution in [0.3, 0.4) is 0 Å². The number of carbonyl (C=O) groups is 2. The molecule has 0 saturated heterocycles. The van der Waals surface area contributed by atoms with Gasteiger partial charge < -0.3 is 13.9 Å². The molecule has 0 aliphatic heterocycles. The van der Waals surface area contributed by atoms with E-state index in [0.29, 0.717) is 17.4 Å². The standard InChI is InChI=1S/C28H31FN4O5/c1-5-7-21(36-4)12-13-33(28(35)37-6-2)25-22-14-18(20-16-31-32(3)17-20)8-10-23(22)38-27(25)26(34)19-9-11-24(29)30-15-19/h8-11,14-17,21H,5-7,12-13H2,1-4H3. The van der Waals surface area contributed by atoms with Crippen LogP contribution in [0.5, 0.6) is 0 Å². The zero-order valence-corrected chi connectivity index (χ0v) is 21.9. The Balaban J connectivity index is 1.88. The molecule has 0 radical (unpaired) electrons. The number of fused-ring (bicyclic) bond motifs is 1. The maximum Gasteiger partial charge on any atom is 0.414 e. The first kappa shape index (κ1) is 27.0. The Hall–Kier alpha value is -4.05. The van der Waals surface area contributed by atoms with Gasteiger partial charge in [0, 0.05) is 49.6 Å². The van der Waals surface area contributed by atoms with E-state index in [1.807, 2.05) is 25.4 Å². The number of aromatic nitrogens is 3.